The normalized spacial score (nSPS) is 27.9. The lowest BCUT2D eigenvalue weighted by Gasteiger charge is -2.32. The van der Waals surface area contributed by atoms with Crippen molar-refractivity contribution in [3.8, 4) is 0 Å². The lowest BCUT2D eigenvalue weighted by Crippen LogP contribution is -2.32. The van der Waals surface area contributed by atoms with Crippen molar-refractivity contribution in [3.05, 3.63) is 0 Å². The predicted octanol–water partition coefficient (Wildman–Crippen LogP) is 2.40. The first-order valence-electron chi connectivity index (χ1n) is 3.82. The van der Waals surface area contributed by atoms with Crippen LogP contribution < -0.4 is 0 Å². The molecule has 1 saturated carbocycles. The molecule has 0 aromatic carbocycles. The van der Waals surface area contributed by atoms with Crippen LogP contribution in [0, 0.1) is 5.41 Å². The van der Waals surface area contributed by atoms with E-state index in [1.54, 1.807) is 6.92 Å². The van der Waals surface area contributed by atoms with Crippen LogP contribution >= 0.6 is 0 Å². The monoisotopic (exact) mass is 162 g/mol. The summed E-state index contributed by atoms with van der Waals surface area (Å²) in [6, 6.07) is 0. The van der Waals surface area contributed by atoms with Crippen molar-refractivity contribution in [2.45, 2.75) is 38.5 Å². The van der Waals surface area contributed by atoms with Gasteiger partial charge in [0, 0.05) is 18.3 Å². The highest BCUT2D eigenvalue weighted by atomic mass is 19.3. The Labute approximate surface area is 64.8 Å². The van der Waals surface area contributed by atoms with Crippen LogP contribution in [0.1, 0.15) is 32.6 Å². The van der Waals surface area contributed by atoms with Crippen molar-refractivity contribution in [2.24, 2.45) is 5.41 Å². The molecule has 11 heavy (non-hydrogen) atoms. The summed E-state index contributed by atoms with van der Waals surface area (Å²) >= 11 is 0. The van der Waals surface area contributed by atoms with Crippen molar-refractivity contribution in [1.82, 2.24) is 0 Å². The summed E-state index contributed by atoms with van der Waals surface area (Å²) in [5, 5.41) is 0. The molecule has 1 aliphatic rings. The number of hydrogen-bond donors (Lipinski definition) is 0. The number of rotatable bonds is 1. The van der Waals surface area contributed by atoms with E-state index in [9.17, 15) is 13.6 Å². The van der Waals surface area contributed by atoms with Gasteiger partial charge in [-0.25, -0.2) is 8.78 Å². The summed E-state index contributed by atoms with van der Waals surface area (Å²) < 4.78 is 25.1. The van der Waals surface area contributed by atoms with E-state index in [1.807, 2.05) is 0 Å². The largest absolute Gasteiger partial charge is 0.303 e. The number of aldehydes is 1. The molecule has 1 nitrogen and oxygen atoms in total. The average Bonchev–Trinajstić information content (AvgIpc) is 1.97. The molecule has 0 N–H and O–H groups in total. The summed E-state index contributed by atoms with van der Waals surface area (Å²) in [5.74, 6) is -2.53. The van der Waals surface area contributed by atoms with Crippen molar-refractivity contribution in [3.63, 3.8) is 0 Å². The van der Waals surface area contributed by atoms with Crippen LogP contribution in [0.2, 0.25) is 0 Å². The molecule has 0 aromatic heterocycles. The number of alkyl halides is 2. The average molecular weight is 162 g/mol. The summed E-state index contributed by atoms with van der Waals surface area (Å²) in [7, 11) is 0. The Balaban J connectivity index is 2.54. The van der Waals surface area contributed by atoms with E-state index in [0.29, 0.717) is 12.8 Å². The second kappa shape index (κ2) is 2.54. The van der Waals surface area contributed by atoms with Crippen molar-refractivity contribution < 1.29 is 13.6 Å². The molecular formula is C8H12F2O. The first-order chi connectivity index (χ1) is 4.97. The molecule has 0 bridgehead atoms. The standard InChI is InChI=1S/C8H12F2O/c1-7(6-11)2-4-8(9,10)5-3-7/h6H,2-5H2,1H3. The van der Waals surface area contributed by atoms with E-state index in [2.05, 4.69) is 0 Å². The first kappa shape index (κ1) is 8.62. The van der Waals surface area contributed by atoms with Gasteiger partial charge in [-0.05, 0) is 12.8 Å². The lowest BCUT2D eigenvalue weighted by molar-refractivity contribution is -0.122. The summed E-state index contributed by atoms with van der Waals surface area (Å²) in [6.45, 7) is 1.75. The molecule has 0 amide bonds. The van der Waals surface area contributed by atoms with E-state index in [4.69, 9.17) is 0 Å². The Hall–Kier alpha value is -0.470. The zero-order valence-corrected chi connectivity index (χ0v) is 6.57. The molecular weight excluding hydrogens is 150 g/mol. The summed E-state index contributed by atoms with van der Waals surface area (Å²) in [4.78, 5) is 10.4. The van der Waals surface area contributed by atoms with E-state index < -0.39 is 11.3 Å². The Morgan fingerprint density at radius 2 is 1.64 bits per heavy atom. The van der Waals surface area contributed by atoms with E-state index >= 15 is 0 Å². The van der Waals surface area contributed by atoms with E-state index in [0.717, 1.165) is 6.29 Å². The van der Waals surface area contributed by atoms with Gasteiger partial charge < -0.3 is 4.79 Å². The molecule has 1 fully saturated rings. The maximum atomic E-state index is 12.6. The van der Waals surface area contributed by atoms with Crippen LogP contribution in [-0.4, -0.2) is 12.2 Å². The molecule has 0 atom stereocenters. The molecule has 0 spiro atoms. The second-order valence-electron chi connectivity index (χ2n) is 3.63. The third kappa shape index (κ3) is 1.98. The Bertz CT molecular complexity index is 155. The molecule has 0 heterocycles. The molecule has 1 rings (SSSR count). The smallest absolute Gasteiger partial charge is 0.248 e. The van der Waals surface area contributed by atoms with Gasteiger partial charge in [-0.1, -0.05) is 6.92 Å². The van der Waals surface area contributed by atoms with E-state index in [-0.39, 0.29) is 12.8 Å². The maximum absolute atomic E-state index is 12.6. The molecule has 64 valence electrons. The molecule has 0 saturated heterocycles. The third-order valence-electron chi connectivity index (χ3n) is 2.41. The highest BCUT2D eigenvalue weighted by Gasteiger charge is 2.40. The van der Waals surface area contributed by atoms with Gasteiger partial charge in [-0.2, -0.15) is 0 Å². The van der Waals surface area contributed by atoms with Gasteiger partial charge in [-0.15, -0.1) is 0 Å². The topological polar surface area (TPSA) is 17.1 Å². The Kier molecular flexibility index (Phi) is 1.99. The van der Waals surface area contributed by atoms with Gasteiger partial charge in [-0.3, -0.25) is 0 Å². The van der Waals surface area contributed by atoms with Crippen LogP contribution in [0.5, 0.6) is 0 Å². The van der Waals surface area contributed by atoms with Gasteiger partial charge >= 0.3 is 0 Å². The van der Waals surface area contributed by atoms with Crippen LogP contribution in [0.4, 0.5) is 8.78 Å². The number of carbonyl (C=O) groups is 1. The number of carbonyl (C=O) groups excluding carboxylic acids is 1. The van der Waals surface area contributed by atoms with Crippen molar-refractivity contribution in [2.75, 3.05) is 0 Å². The van der Waals surface area contributed by atoms with Crippen LogP contribution in [-0.2, 0) is 4.79 Å². The predicted molar refractivity (Wildman–Crippen MR) is 37.6 cm³/mol. The molecule has 0 radical (unpaired) electrons. The fourth-order valence-corrected chi connectivity index (χ4v) is 1.30. The minimum atomic E-state index is -2.53. The second-order valence-corrected chi connectivity index (χ2v) is 3.63. The summed E-state index contributed by atoms with van der Waals surface area (Å²) in [5.41, 5.74) is -0.484. The fourth-order valence-electron chi connectivity index (χ4n) is 1.30. The van der Waals surface area contributed by atoms with E-state index in [1.165, 1.54) is 0 Å². The van der Waals surface area contributed by atoms with Crippen LogP contribution in [0.3, 0.4) is 0 Å². The van der Waals surface area contributed by atoms with Crippen LogP contribution in [0.15, 0.2) is 0 Å². The highest BCUT2D eigenvalue weighted by molar-refractivity contribution is 5.58. The minimum Gasteiger partial charge on any atom is -0.303 e. The SMILES string of the molecule is CC1(C=O)CCC(F)(F)CC1. The summed E-state index contributed by atoms with van der Waals surface area (Å²) in [6.07, 6.45) is 1.18. The molecule has 0 aliphatic heterocycles. The number of halogens is 2. The molecule has 3 heteroatoms. The van der Waals surface area contributed by atoms with Gasteiger partial charge in [0.05, 0.1) is 0 Å². The van der Waals surface area contributed by atoms with Crippen LogP contribution in [0.25, 0.3) is 0 Å². The van der Waals surface area contributed by atoms with Gasteiger partial charge in [0.15, 0.2) is 0 Å². The maximum Gasteiger partial charge on any atom is 0.248 e. The molecule has 0 unspecified atom stereocenters. The van der Waals surface area contributed by atoms with Gasteiger partial charge in [0.25, 0.3) is 0 Å². The zero-order valence-electron chi connectivity index (χ0n) is 6.57. The highest BCUT2D eigenvalue weighted by Crippen LogP contribution is 2.41. The molecule has 0 aromatic rings. The quantitative estimate of drug-likeness (QED) is 0.541. The van der Waals surface area contributed by atoms with Crippen molar-refractivity contribution >= 4 is 6.29 Å². The third-order valence-corrected chi connectivity index (χ3v) is 2.41. The van der Waals surface area contributed by atoms with Gasteiger partial charge in [0.1, 0.15) is 6.29 Å². The Morgan fingerprint density at radius 1 is 1.18 bits per heavy atom. The minimum absolute atomic E-state index is 0.137. The fraction of sp³-hybridized carbons (Fsp3) is 0.875. The van der Waals surface area contributed by atoms with Crippen molar-refractivity contribution in [1.29, 1.82) is 0 Å². The zero-order chi connectivity index (χ0) is 8.54. The van der Waals surface area contributed by atoms with Gasteiger partial charge in [0.2, 0.25) is 5.92 Å². The molecule has 1 aliphatic carbocycles. The Morgan fingerprint density at radius 3 is 2.00 bits per heavy atom. The number of hydrogen-bond acceptors (Lipinski definition) is 1. The lowest BCUT2D eigenvalue weighted by atomic mass is 9.75. The first-order valence-corrected chi connectivity index (χ1v) is 3.82.